The summed E-state index contributed by atoms with van der Waals surface area (Å²) in [5, 5.41) is 8.15. The van der Waals surface area contributed by atoms with Crippen molar-refractivity contribution in [2.45, 2.75) is 19.0 Å². The van der Waals surface area contributed by atoms with Crippen LogP contribution in [0.1, 0.15) is 11.4 Å². The van der Waals surface area contributed by atoms with E-state index in [0.717, 1.165) is 11.4 Å². The Morgan fingerprint density at radius 1 is 1.32 bits per heavy atom. The first kappa shape index (κ1) is 17.5. The molecule has 0 saturated heterocycles. The van der Waals surface area contributed by atoms with Gasteiger partial charge in [0.2, 0.25) is 11.1 Å². The Morgan fingerprint density at radius 2 is 2.12 bits per heavy atom. The van der Waals surface area contributed by atoms with Gasteiger partial charge >= 0.3 is 0 Å². The third-order valence-corrected chi connectivity index (χ3v) is 4.44. The molecule has 2 aromatic heterocycles. The zero-order valence-electron chi connectivity index (χ0n) is 13.9. The maximum absolute atomic E-state index is 12.2. The number of anilines is 1. The number of benzene rings is 1. The maximum atomic E-state index is 12.2. The fourth-order valence-electron chi connectivity index (χ4n) is 2.30. The number of halogens is 1. The quantitative estimate of drug-likeness (QED) is 0.688. The molecule has 0 fully saturated rings. The first-order valence-corrected chi connectivity index (χ1v) is 8.80. The molecule has 1 N–H and O–H groups in total. The van der Waals surface area contributed by atoms with Crippen LogP contribution in [-0.4, -0.2) is 38.4 Å². The molecule has 3 aromatic rings. The standard InChI is InChI=1S/C16H16ClN5O2S/c1-9-6-10(2)22-15(18-9)20-16(21-22)25-8-14(23)19-12-7-11(17)4-5-13(12)24-3/h4-7H,8H2,1-3H3,(H,19,23). The van der Waals surface area contributed by atoms with Crippen LogP contribution in [0.15, 0.2) is 29.4 Å². The van der Waals surface area contributed by atoms with Crippen molar-refractivity contribution in [3.05, 3.63) is 40.7 Å². The van der Waals surface area contributed by atoms with Gasteiger partial charge in [-0.2, -0.15) is 4.98 Å². The molecule has 0 aliphatic heterocycles. The van der Waals surface area contributed by atoms with Gasteiger partial charge in [0.1, 0.15) is 5.75 Å². The predicted molar refractivity (Wildman–Crippen MR) is 97.6 cm³/mol. The fourth-order valence-corrected chi connectivity index (χ4v) is 3.09. The fraction of sp³-hybridized carbons (Fsp3) is 0.250. The summed E-state index contributed by atoms with van der Waals surface area (Å²) in [5.41, 5.74) is 2.34. The number of amides is 1. The van der Waals surface area contributed by atoms with Gasteiger partial charge in [-0.05, 0) is 38.1 Å². The van der Waals surface area contributed by atoms with Crippen LogP contribution in [0.4, 0.5) is 5.69 Å². The number of nitrogens with zero attached hydrogens (tertiary/aromatic N) is 4. The molecule has 2 heterocycles. The molecule has 9 heteroatoms. The number of fused-ring (bicyclic) bond motifs is 1. The Kier molecular flexibility index (Phi) is 5.10. The minimum atomic E-state index is -0.203. The van der Waals surface area contributed by atoms with Gasteiger partial charge in [0.25, 0.3) is 5.78 Å². The number of nitrogens with one attached hydrogen (secondary N) is 1. The predicted octanol–water partition coefficient (Wildman–Crippen LogP) is 3.13. The highest BCUT2D eigenvalue weighted by molar-refractivity contribution is 7.99. The Morgan fingerprint density at radius 3 is 2.88 bits per heavy atom. The van der Waals surface area contributed by atoms with Crippen molar-refractivity contribution in [2.24, 2.45) is 0 Å². The van der Waals surface area contributed by atoms with E-state index in [1.165, 1.54) is 18.9 Å². The average Bonchev–Trinajstić information content (AvgIpc) is 2.96. The second-order valence-corrected chi connectivity index (χ2v) is 6.71. The van der Waals surface area contributed by atoms with Gasteiger partial charge in [-0.1, -0.05) is 23.4 Å². The first-order chi connectivity index (χ1) is 12.0. The number of hydrogen-bond acceptors (Lipinski definition) is 6. The lowest BCUT2D eigenvalue weighted by Gasteiger charge is -2.09. The molecule has 1 amide bonds. The van der Waals surface area contributed by atoms with E-state index >= 15 is 0 Å². The van der Waals surface area contributed by atoms with E-state index in [1.807, 2.05) is 19.9 Å². The SMILES string of the molecule is COc1ccc(Cl)cc1NC(=O)CSc1nc2nc(C)cc(C)n2n1. The molecule has 0 bridgehead atoms. The summed E-state index contributed by atoms with van der Waals surface area (Å²) in [6, 6.07) is 6.96. The molecule has 1 aromatic carbocycles. The summed E-state index contributed by atoms with van der Waals surface area (Å²) < 4.78 is 6.87. The molecule has 0 aliphatic rings. The molecule has 0 spiro atoms. The summed E-state index contributed by atoms with van der Waals surface area (Å²) in [6.45, 7) is 3.84. The van der Waals surface area contributed by atoms with Crippen LogP contribution in [0.3, 0.4) is 0 Å². The van der Waals surface area contributed by atoms with Crippen molar-refractivity contribution in [3.8, 4) is 5.75 Å². The monoisotopic (exact) mass is 377 g/mol. The van der Waals surface area contributed by atoms with Gasteiger partial charge in [0, 0.05) is 16.4 Å². The minimum absolute atomic E-state index is 0.157. The molecule has 0 unspecified atom stereocenters. The molecular weight excluding hydrogens is 362 g/mol. The Balaban J connectivity index is 1.68. The highest BCUT2D eigenvalue weighted by atomic mass is 35.5. The van der Waals surface area contributed by atoms with Crippen LogP contribution in [0.2, 0.25) is 5.02 Å². The smallest absolute Gasteiger partial charge is 0.253 e. The molecule has 7 nitrogen and oxygen atoms in total. The Labute approximate surface area is 153 Å². The third-order valence-electron chi connectivity index (χ3n) is 3.37. The lowest BCUT2D eigenvalue weighted by Crippen LogP contribution is -2.14. The van der Waals surface area contributed by atoms with Crippen molar-refractivity contribution in [2.75, 3.05) is 18.2 Å². The van der Waals surface area contributed by atoms with Gasteiger partial charge < -0.3 is 10.1 Å². The number of carbonyl (C=O) groups is 1. The van der Waals surface area contributed by atoms with Crippen LogP contribution in [0.5, 0.6) is 5.75 Å². The number of rotatable bonds is 5. The average molecular weight is 378 g/mol. The lowest BCUT2D eigenvalue weighted by molar-refractivity contribution is -0.113. The highest BCUT2D eigenvalue weighted by Gasteiger charge is 2.12. The molecular formula is C16H16ClN5O2S. The molecule has 25 heavy (non-hydrogen) atoms. The number of methoxy groups -OCH3 is 1. The van der Waals surface area contributed by atoms with Crippen molar-refractivity contribution in [1.82, 2.24) is 19.6 Å². The summed E-state index contributed by atoms with van der Waals surface area (Å²) in [4.78, 5) is 20.9. The van der Waals surface area contributed by atoms with E-state index in [4.69, 9.17) is 16.3 Å². The summed E-state index contributed by atoms with van der Waals surface area (Å²) >= 11 is 7.20. The number of thioether (sulfide) groups is 1. The maximum Gasteiger partial charge on any atom is 0.253 e. The zero-order chi connectivity index (χ0) is 18.0. The highest BCUT2D eigenvalue weighted by Crippen LogP contribution is 2.28. The summed E-state index contributed by atoms with van der Waals surface area (Å²) in [6.07, 6.45) is 0. The van der Waals surface area contributed by atoms with Gasteiger partial charge in [0.15, 0.2) is 0 Å². The zero-order valence-corrected chi connectivity index (χ0v) is 15.5. The molecule has 3 rings (SSSR count). The largest absolute Gasteiger partial charge is 0.495 e. The van der Waals surface area contributed by atoms with E-state index in [0.29, 0.717) is 27.4 Å². The Bertz CT molecular complexity index is 944. The molecule has 0 aliphatic carbocycles. The van der Waals surface area contributed by atoms with Crippen molar-refractivity contribution in [3.63, 3.8) is 0 Å². The summed E-state index contributed by atoms with van der Waals surface area (Å²) in [7, 11) is 1.53. The van der Waals surface area contributed by atoms with Crippen LogP contribution in [-0.2, 0) is 4.79 Å². The van der Waals surface area contributed by atoms with Crippen LogP contribution in [0, 0.1) is 13.8 Å². The van der Waals surface area contributed by atoms with E-state index in [1.54, 1.807) is 22.7 Å². The van der Waals surface area contributed by atoms with Gasteiger partial charge in [-0.3, -0.25) is 4.79 Å². The van der Waals surface area contributed by atoms with E-state index in [2.05, 4.69) is 20.4 Å². The molecule has 0 saturated carbocycles. The number of ether oxygens (including phenoxy) is 1. The number of hydrogen-bond donors (Lipinski definition) is 1. The van der Waals surface area contributed by atoms with Crippen molar-refractivity contribution >= 4 is 40.7 Å². The minimum Gasteiger partial charge on any atom is -0.495 e. The van der Waals surface area contributed by atoms with Crippen LogP contribution < -0.4 is 10.1 Å². The van der Waals surface area contributed by atoms with Gasteiger partial charge in [0.05, 0.1) is 18.6 Å². The van der Waals surface area contributed by atoms with E-state index < -0.39 is 0 Å². The normalized spacial score (nSPS) is 10.9. The molecule has 130 valence electrons. The topological polar surface area (TPSA) is 81.4 Å². The molecule has 0 atom stereocenters. The molecule has 0 radical (unpaired) electrons. The number of carbonyl (C=O) groups excluding carboxylic acids is 1. The van der Waals surface area contributed by atoms with Crippen LogP contribution >= 0.6 is 23.4 Å². The van der Waals surface area contributed by atoms with Crippen molar-refractivity contribution < 1.29 is 9.53 Å². The first-order valence-electron chi connectivity index (χ1n) is 7.43. The Hall–Kier alpha value is -2.32. The van der Waals surface area contributed by atoms with Crippen LogP contribution in [0.25, 0.3) is 5.78 Å². The van der Waals surface area contributed by atoms with E-state index in [-0.39, 0.29) is 11.7 Å². The second kappa shape index (κ2) is 7.28. The third kappa shape index (κ3) is 4.02. The van der Waals surface area contributed by atoms with Crippen molar-refractivity contribution in [1.29, 1.82) is 0 Å². The number of aromatic nitrogens is 4. The van der Waals surface area contributed by atoms with Gasteiger partial charge in [-0.25, -0.2) is 9.50 Å². The van der Waals surface area contributed by atoms with Gasteiger partial charge in [-0.15, -0.1) is 5.10 Å². The number of aryl methyl sites for hydroxylation is 2. The lowest BCUT2D eigenvalue weighted by atomic mass is 10.3. The summed E-state index contributed by atoms with van der Waals surface area (Å²) in [5.74, 6) is 1.02. The van der Waals surface area contributed by atoms with E-state index in [9.17, 15) is 4.79 Å². The second-order valence-electron chi connectivity index (χ2n) is 5.33.